The Morgan fingerprint density at radius 1 is 1.38 bits per heavy atom. The van der Waals surface area contributed by atoms with Gasteiger partial charge in [-0.1, -0.05) is 12.2 Å². The van der Waals surface area contributed by atoms with Gasteiger partial charge in [0.2, 0.25) is 0 Å². The average molecular weight is 290 g/mol. The molecule has 0 spiro atoms. The summed E-state index contributed by atoms with van der Waals surface area (Å²) in [7, 11) is 1.58. The molecule has 0 fully saturated rings. The fourth-order valence-electron chi connectivity index (χ4n) is 1.88. The van der Waals surface area contributed by atoms with E-state index in [0.717, 1.165) is 11.1 Å². The van der Waals surface area contributed by atoms with Gasteiger partial charge < -0.3 is 15.0 Å². The van der Waals surface area contributed by atoms with Crippen LogP contribution in [0.15, 0.2) is 30.4 Å². The minimum absolute atomic E-state index is 0.379. The molecule has 0 aliphatic carbocycles. The maximum atomic E-state index is 12.1. The van der Waals surface area contributed by atoms with Crippen LogP contribution in [0.4, 0.5) is 5.69 Å². The Bertz CT molecular complexity index is 552. The smallest absolute Gasteiger partial charge is 0.313 e. The molecule has 1 aromatic carbocycles. The molecule has 0 heterocycles. The first-order valence-electron chi connectivity index (χ1n) is 6.78. The summed E-state index contributed by atoms with van der Waals surface area (Å²) in [5, 5.41) is 2.63. The Hall–Kier alpha value is -2.30. The number of rotatable bonds is 5. The van der Waals surface area contributed by atoms with Crippen molar-refractivity contribution < 1.29 is 14.3 Å². The zero-order valence-electron chi connectivity index (χ0n) is 13.0. The van der Waals surface area contributed by atoms with E-state index in [-0.39, 0.29) is 0 Å². The number of carbonyl (C=O) groups is 2. The number of methoxy groups -OCH3 is 1. The van der Waals surface area contributed by atoms with E-state index in [2.05, 4.69) is 11.9 Å². The Labute approximate surface area is 125 Å². The zero-order chi connectivity index (χ0) is 16.0. The fraction of sp³-hybridized carbons (Fsp3) is 0.375. The molecule has 1 aromatic rings. The van der Waals surface area contributed by atoms with E-state index in [1.807, 2.05) is 20.8 Å². The summed E-state index contributed by atoms with van der Waals surface area (Å²) >= 11 is 0. The lowest BCUT2D eigenvalue weighted by molar-refractivity contribution is -0.142. The molecule has 0 aliphatic heterocycles. The topological polar surface area (TPSA) is 58.6 Å². The van der Waals surface area contributed by atoms with Crippen LogP contribution in [0.5, 0.6) is 5.75 Å². The van der Waals surface area contributed by atoms with E-state index in [1.165, 1.54) is 4.90 Å². The van der Waals surface area contributed by atoms with Crippen LogP contribution in [-0.2, 0) is 9.59 Å². The van der Waals surface area contributed by atoms with Gasteiger partial charge in [-0.2, -0.15) is 0 Å². The van der Waals surface area contributed by atoms with E-state index < -0.39 is 11.8 Å². The molecule has 5 nitrogen and oxygen atoms in total. The normalized spacial score (nSPS) is 9.90. The molecule has 0 saturated carbocycles. The molecule has 21 heavy (non-hydrogen) atoms. The molecule has 2 amide bonds. The fourth-order valence-corrected chi connectivity index (χ4v) is 1.88. The first-order valence-corrected chi connectivity index (χ1v) is 6.78. The summed E-state index contributed by atoms with van der Waals surface area (Å²) in [5.74, 6) is -0.503. The zero-order valence-corrected chi connectivity index (χ0v) is 13.0. The van der Waals surface area contributed by atoms with Gasteiger partial charge in [-0.3, -0.25) is 9.59 Å². The van der Waals surface area contributed by atoms with Gasteiger partial charge in [0, 0.05) is 18.8 Å². The van der Waals surface area contributed by atoms with Crippen LogP contribution in [0.3, 0.4) is 0 Å². The van der Waals surface area contributed by atoms with Crippen molar-refractivity contribution >= 4 is 17.5 Å². The highest BCUT2D eigenvalue weighted by Gasteiger charge is 2.21. The van der Waals surface area contributed by atoms with Gasteiger partial charge in [-0.15, -0.1) is 0 Å². The maximum absolute atomic E-state index is 12.1. The number of amides is 2. The molecule has 0 saturated heterocycles. The standard InChI is InChI=1S/C16H22N2O3/c1-6-18(10-11(2)3)16(20)15(19)17-14-8-7-13(21-5)9-12(14)4/h7-9H,2,6,10H2,1,3-5H3,(H,17,19). The van der Waals surface area contributed by atoms with Crippen LogP contribution in [0.2, 0.25) is 0 Å². The first-order chi connectivity index (χ1) is 9.88. The van der Waals surface area contributed by atoms with Gasteiger partial charge in [0.1, 0.15) is 5.75 Å². The predicted molar refractivity (Wildman–Crippen MR) is 83.4 cm³/mol. The van der Waals surface area contributed by atoms with Crippen molar-refractivity contribution in [1.82, 2.24) is 4.90 Å². The van der Waals surface area contributed by atoms with Gasteiger partial charge in [0.05, 0.1) is 7.11 Å². The van der Waals surface area contributed by atoms with Gasteiger partial charge >= 0.3 is 11.8 Å². The number of hydrogen-bond acceptors (Lipinski definition) is 3. The van der Waals surface area contributed by atoms with Crippen molar-refractivity contribution in [3.8, 4) is 5.75 Å². The van der Waals surface area contributed by atoms with E-state index in [9.17, 15) is 9.59 Å². The van der Waals surface area contributed by atoms with Crippen LogP contribution >= 0.6 is 0 Å². The summed E-state index contributed by atoms with van der Waals surface area (Å²) in [6.45, 7) is 10.1. The lowest BCUT2D eigenvalue weighted by Crippen LogP contribution is -2.40. The monoisotopic (exact) mass is 290 g/mol. The van der Waals surface area contributed by atoms with Crippen LogP contribution in [0, 0.1) is 6.92 Å². The summed E-state index contributed by atoms with van der Waals surface area (Å²) in [5.41, 5.74) is 2.26. The Morgan fingerprint density at radius 3 is 2.52 bits per heavy atom. The summed E-state index contributed by atoms with van der Waals surface area (Å²) in [4.78, 5) is 25.6. The van der Waals surface area contributed by atoms with Crippen LogP contribution in [0.25, 0.3) is 0 Å². The lowest BCUT2D eigenvalue weighted by atomic mass is 10.2. The number of nitrogens with one attached hydrogen (secondary N) is 1. The van der Waals surface area contributed by atoms with Crippen LogP contribution < -0.4 is 10.1 Å². The van der Waals surface area contributed by atoms with Crippen molar-refractivity contribution in [3.63, 3.8) is 0 Å². The number of hydrogen-bond donors (Lipinski definition) is 1. The first kappa shape index (κ1) is 16.8. The maximum Gasteiger partial charge on any atom is 0.313 e. The van der Waals surface area contributed by atoms with E-state index in [1.54, 1.807) is 25.3 Å². The molecule has 1 rings (SSSR count). The van der Waals surface area contributed by atoms with E-state index in [0.29, 0.717) is 24.5 Å². The molecular formula is C16H22N2O3. The van der Waals surface area contributed by atoms with Crippen LogP contribution in [0.1, 0.15) is 19.4 Å². The number of likely N-dealkylation sites (N-methyl/N-ethyl adjacent to an activating group) is 1. The number of aryl methyl sites for hydroxylation is 1. The number of anilines is 1. The van der Waals surface area contributed by atoms with E-state index >= 15 is 0 Å². The molecule has 0 unspecified atom stereocenters. The summed E-state index contributed by atoms with van der Waals surface area (Å²) < 4.78 is 5.10. The Kier molecular flexibility index (Phi) is 5.96. The molecule has 0 aromatic heterocycles. The predicted octanol–water partition coefficient (Wildman–Crippen LogP) is 2.37. The average Bonchev–Trinajstić information content (AvgIpc) is 2.45. The number of benzene rings is 1. The highest BCUT2D eigenvalue weighted by atomic mass is 16.5. The second-order valence-corrected chi connectivity index (χ2v) is 4.91. The number of nitrogens with zero attached hydrogens (tertiary/aromatic N) is 1. The third-order valence-corrected chi connectivity index (χ3v) is 3.01. The largest absolute Gasteiger partial charge is 0.497 e. The highest BCUT2D eigenvalue weighted by Crippen LogP contribution is 2.21. The second-order valence-electron chi connectivity index (χ2n) is 4.91. The second kappa shape index (κ2) is 7.47. The minimum Gasteiger partial charge on any atom is -0.497 e. The van der Waals surface area contributed by atoms with Gasteiger partial charge in [0.25, 0.3) is 0 Å². The van der Waals surface area contributed by atoms with Crippen molar-refractivity contribution in [1.29, 1.82) is 0 Å². The third-order valence-electron chi connectivity index (χ3n) is 3.01. The molecule has 0 bridgehead atoms. The highest BCUT2D eigenvalue weighted by molar-refractivity contribution is 6.39. The Balaban J connectivity index is 2.80. The summed E-state index contributed by atoms with van der Waals surface area (Å²) in [6.07, 6.45) is 0. The minimum atomic E-state index is -0.647. The molecule has 0 aliphatic rings. The van der Waals surface area contributed by atoms with Gasteiger partial charge in [0.15, 0.2) is 0 Å². The third kappa shape index (κ3) is 4.63. The Morgan fingerprint density at radius 2 is 2.05 bits per heavy atom. The van der Waals surface area contributed by atoms with Crippen molar-refractivity contribution in [2.75, 3.05) is 25.5 Å². The van der Waals surface area contributed by atoms with Crippen molar-refractivity contribution in [2.45, 2.75) is 20.8 Å². The molecule has 0 atom stereocenters. The molecule has 1 N–H and O–H groups in total. The quantitative estimate of drug-likeness (QED) is 0.669. The van der Waals surface area contributed by atoms with Crippen molar-refractivity contribution in [2.24, 2.45) is 0 Å². The summed E-state index contributed by atoms with van der Waals surface area (Å²) in [6, 6.07) is 5.25. The molecule has 5 heteroatoms. The molecular weight excluding hydrogens is 268 g/mol. The SMILES string of the molecule is C=C(C)CN(CC)C(=O)C(=O)Nc1ccc(OC)cc1C. The number of ether oxygens (including phenoxy) is 1. The van der Waals surface area contributed by atoms with Gasteiger partial charge in [-0.05, 0) is 44.5 Å². The van der Waals surface area contributed by atoms with E-state index in [4.69, 9.17) is 4.74 Å². The molecule has 114 valence electrons. The van der Waals surface area contributed by atoms with Crippen molar-refractivity contribution in [3.05, 3.63) is 35.9 Å². The lowest BCUT2D eigenvalue weighted by Gasteiger charge is -2.20. The van der Waals surface area contributed by atoms with Gasteiger partial charge in [-0.25, -0.2) is 0 Å². The van der Waals surface area contributed by atoms with Crippen LogP contribution in [-0.4, -0.2) is 36.9 Å². The number of carbonyl (C=O) groups excluding carboxylic acids is 2. The molecule has 0 radical (unpaired) electrons.